The summed E-state index contributed by atoms with van der Waals surface area (Å²) in [5.41, 5.74) is 5.85. The molecule has 5 heteroatoms. The minimum absolute atomic E-state index is 0.0374. The number of hydrogen-bond acceptors (Lipinski definition) is 3. The Balaban J connectivity index is 1.69. The van der Waals surface area contributed by atoms with Gasteiger partial charge >= 0.3 is 0 Å². The molecule has 3 aromatic carbocycles. The van der Waals surface area contributed by atoms with Crippen LogP contribution < -0.4 is 10.2 Å². The zero-order chi connectivity index (χ0) is 26.4. The Morgan fingerprint density at radius 3 is 2.27 bits per heavy atom. The van der Waals surface area contributed by atoms with E-state index < -0.39 is 0 Å². The summed E-state index contributed by atoms with van der Waals surface area (Å²) in [6.45, 7) is 11.0. The number of carbonyl (C=O) groups is 1. The minimum atomic E-state index is -0.378. The highest BCUT2D eigenvalue weighted by atomic mass is 32.1. The Hall–Kier alpha value is -3.31. The molecule has 0 amide bonds. The summed E-state index contributed by atoms with van der Waals surface area (Å²) in [6, 6.07) is 26.4. The van der Waals surface area contributed by atoms with Gasteiger partial charge in [-0.05, 0) is 64.9 Å². The van der Waals surface area contributed by atoms with Crippen LogP contribution in [0, 0.1) is 11.3 Å². The molecule has 0 radical (unpaired) electrons. The molecule has 0 aromatic heterocycles. The van der Waals surface area contributed by atoms with E-state index in [1.165, 1.54) is 5.56 Å². The number of nitrogens with one attached hydrogen (secondary N) is 1. The molecule has 1 N–H and O–H groups in total. The van der Waals surface area contributed by atoms with Gasteiger partial charge in [0.1, 0.15) is 5.78 Å². The predicted octanol–water partition coefficient (Wildman–Crippen LogP) is 8.02. The SMILES string of the molecule is CC1(C)CC(=O)[C@H]2C(=Nc3ccccc3N(C(=S)Nc3ccccc3)[C@@H]2c2ccc(C(C)(C)C)cc2)C1. The Bertz CT molecular complexity index is 1350. The van der Waals surface area contributed by atoms with E-state index in [-0.39, 0.29) is 28.6 Å². The molecular weight excluding hydrogens is 474 g/mol. The number of Topliss-reactive ketones (excluding diaryl/α,β-unsaturated/α-hetero) is 1. The molecule has 37 heavy (non-hydrogen) atoms. The third-order valence-corrected chi connectivity index (χ3v) is 7.68. The van der Waals surface area contributed by atoms with Crippen LogP contribution in [0.15, 0.2) is 83.9 Å². The van der Waals surface area contributed by atoms with Gasteiger partial charge in [-0.25, -0.2) is 0 Å². The summed E-state index contributed by atoms with van der Waals surface area (Å²) in [7, 11) is 0. The second-order valence-corrected chi connectivity index (χ2v) is 12.4. The third-order valence-electron chi connectivity index (χ3n) is 7.38. The number of nitrogens with zero attached hydrogens (tertiary/aromatic N) is 2. The molecule has 1 heterocycles. The summed E-state index contributed by atoms with van der Waals surface area (Å²) >= 11 is 6.08. The number of anilines is 2. The van der Waals surface area contributed by atoms with E-state index in [1.54, 1.807) is 0 Å². The highest BCUT2D eigenvalue weighted by Crippen LogP contribution is 2.48. The first-order valence-corrected chi connectivity index (χ1v) is 13.4. The summed E-state index contributed by atoms with van der Waals surface area (Å²) in [5.74, 6) is -0.156. The molecule has 0 unspecified atom stereocenters. The highest BCUT2D eigenvalue weighted by molar-refractivity contribution is 7.80. The lowest BCUT2D eigenvalue weighted by molar-refractivity contribution is -0.124. The van der Waals surface area contributed by atoms with Crippen molar-refractivity contribution in [2.75, 3.05) is 10.2 Å². The molecular formula is C32H35N3OS. The van der Waals surface area contributed by atoms with Gasteiger partial charge in [0.2, 0.25) is 0 Å². The van der Waals surface area contributed by atoms with E-state index >= 15 is 0 Å². The average molecular weight is 510 g/mol. The van der Waals surface area contributed by atoms with Crippen molar-refractivity contribution in [2.24, 2.45) is 16.3 Å². The molecule has 1 fully saturated rings. The Labute approximate surface area is 225 Å². The van der Waals surface area contributed by atoms with Crippen LogP contribution in [-0.4, -0.2) is 16.6 Å². The van der Waals surface area contributed by atoms with Crippen LogP contribution in [0.25, 0.3) is 0 Å². The molecule has 0 bridgehead atoms. The van der Waals surface area contributed by atoms with Gasteiger partial charge in [-0.1, -0.05) is 89.2 Å². The topological polar surface area (TPSA) is 44.7 Å². The summed E-state index contributed by atoms with van der Waals surface area (Å²) in [6.07, 6.45) is 1.30. The van der Waals surface area contributed by atoms with Gasteiger partial charge in [0.15, 0.2) is 5.11 Å². The fourth-order valence-corrected chi connectivity index (χ4v) is 5.91. The fraction of sp³-hybridized carbons (Fsp3) is 0.344. The predicted molar refractivity (Wildman–Crippen MR) is 158 cm³/mol. The first-order valence-electron chi connectivity index (χ1n) is 13.0. The molecule has 1 aliphatic carbocycles. The molecule has 0 saturated heterocycles. The molecule has 1 aliphatic heterocycles. The lowest BCUT2D eigenvalue weighted by atomic mass is 9.68. The smallest absolute Gasteiger partial charge is 0.178 e. The zero-order valence-corrected chi connectivity index (χ0v) is 23.1. The minimum Gasteiger partial charge on any atom is -0.332 e. The molecule has 5 rings (SSSR count). The van der Waals surface area contributed by atoms with Crippen LogP contribution in [0.5, 0.6) is 0 Å². The number of hydrogen-bond donors (Lipinski definition) is 1. The Morgan fingerprint density at radius 2 is 1.59 bits per heavy atom. The van der Waals surface area contributed by atoms with Crippen LogP contribution in [0.1, 0.15) is 64.6 Å². The van der Waals surface area contributed by atoms with Gasteiger partial charge in [-0.3, -0.25) is 9.79 Å². The van der Waals surface area contributed by atoms with E-state index in [9.17, 15) is 4.79 Å². The van der Waals surface area contributed by atoms with Gasteiger partial charge in [-0.15, -0.1) is 0 Å². The van der Waals surface area contributed by atoms with Crippen LogP contribution in [-0.2, 0) is 10.2 Å². The third kappa shape index (κ3) is 5.10. The van der Waals surface area contributed by atoms with Crippen molar-refractivity contribution in [2.45, 2.75) is 58.9 Å². The van der Waals surface area contributed by atoms with E-state index in [0.29, 0.717) is 11.5 Å². The highest BCUT2D eigenvalue weighted by Gasteiger charge is 2.47. The van der Waals surface area contributed by atoms with Crippen molar-refractivity contribution in [3.05, 3.63) is 90.0 Å². The van der Waals surface area contributed by atoms with Crippen LogP contribution >= 0.6 is 12.2 Å². The number of aliphatic imine (C=N–C) groups is 1. The maximum atomic E-state index is 13.9. The van der Waals surface area contributed by atoms with E-state index in [4.69, 9.17) is 17.2 Å². The molecule has 3 aromatic rings. The van der Waals surface area contributed by atoms with E-state index in [1.807, 2.05) is 48.5 Å². The second-order valence-electron chi connectivity index (χ2n) is 12.0. The number of ketones is 1. The lowest BCUT2D eigenvalue weighted by Crippen LogP contribution is -2.48. The van der Waals surface area contributed by atoms with Gasteiger partial charge < -0.3 is 10.2 Å². The fourth-order valence-electron chi connectivity index (χ4n) is 5.58. The largest absolute Gasteiger partial charge is 0.332 e. The number of thiocarbonyl (C=S) groups is 1. The monoisotopic (exact) mass is 509 g/mol. The maximum Gasteiger partial charge on any atom is 0.178 e. The number of benzene rings is 3. The van der Waals surface area contributed by atoms with Gasteiger partial charge in [0.05, 0.1) is 23.3 Å². The van der Waals surface area contributed by atoms with Crippen LogP contribution in [0.3, 0.4) is 0 Å². The zero-order valence-electron chi connectivity index (χ0n) is 22.3. The Morgan fingerprint density at radius 1 is 0.946 bits per heavy atom. The van der Waals surface area contributed by atoms with E-state index in [2.05, 4.69) is 75.2 Å². The van der Waals surface area contributed by atoms with Crippen LogP contribution in [0.4, 0.5) is 17.1 Å². The molecule has 2 aliphatic rings. The van der Waals surface area contributed by atoms with Crippen LogP contribution in [0.2, 0.25) is 0 Å². The quantitative estimate of drug-likeness (QED) is 0.355. The molecule has 1 saturated carbocycles. The summed E-state index contributed by atoms with van der Waals surface area (Å²) in [5, 5.41) is 3.99. The second kappa shape index (κ2) is 9.53. The Kier molecular flexibility index (Phi) is 6.53. The molecule has 2 atom stereocenters. The first kappa shape index (κ1) is 25.3. The van der Waals surface area contributed by atoms with Crippen molar-refractivity contribution >= 4 is 45.9 Å². The molecule has 190 valence electrons. The molecule has 0 spiro atoms. The van der Waals surface area contributed by atoms with Gasteiger partial charge in [-0.2, -0.15) is 0 Å². The average Bonchev–Trinajstić information content (AvgIpc) is 2.98. The van der Waals surface area contributed by atoms with Crippen molar-refractivity contribution in [3.8, 4) is 0 Å². The normalized spacial score (nSPS) is 20.8. The number of carbonyl (C=O) groups excluding carboxylic acids is 1. The lowest BCUT2D eigenvalue weighted by Gasteiger charge is -2.42. The van der Waals surface area contributed by atoms with Gasteiger partial charge in [0.25, 0.3) is 0 Å². The maximum absolute atomic E-state index is 13.9. The van der Waals surface area contributed by atoms with Gasteiger partial charge in [0, 0.05) is 17.8 Å². The first-order chi connectivity index (χ1) is 17.5. The standard InChI is InChI=1S/C32H35N3OS/c1-31(2,3)22-17-15-21(16-18-22)29-28-25(19-32(4,5)20-27(28)36)34-24-13-9-10-14-26(24)35(29)30(37)33-23-11-7-6-8-12-23/h6-18,28-29H,19-20H2,1-5H3,(H,33,37)/t28-,29-/m1/s1. The number of rotatable bonds is 2. The summed E-state index contributed by atoms with van der Waals surface area (Å²) in [4.78, 5) is 21.2. The van der Waals surface area contributed by atoms with E-state index in [0.717, 1.165) is 34.8 Å². The summed E-state index contributed by atoms with van der Waals surface area (Å²) < 4.78 is 0. The van der Waals surface area contributed by atoms with Crippen molar-refractivity contribution in [1.29, 1.82) is 0 Å². The van der Waals surface area contributed by atoms with Crippen molar-refractivity contribution in [3.63, 3.8) is 0 Å². The number of para-hydroxylation sites is 3. The van der Waals surface area contributed by atoms with Crippen molar-refractivity contribution in [1.82, 2.24) is 0 Å². The molecule has 4 nitrogen and oxygen atoms in total. The number of fused-ring (bicyclic) bond motifs is 2. The van der Waals surface area contributed by atoms with Crippen molar-refractivity contribution < 1.29 is 4.79 Å².